The second-order valence-electron chi connectivity index (χ2n) is 4.07. The number of anilines is 1. The molecule has 0 radical (unpaired) electrons. The molecule has 0 atom stereocenters. The summed E-state index contributed by atoms with van der Waals surface area (Å²) in [7, 11) is 1.55. The number of pyridine rings is 1. The van der Waals surface area contributed by atoms with Crippen molar-refractivity contribution < 1.29 is 4.74 Å². The van der Waals surface area contributed by atoms with Crippen LogP contribution in [0.25, 0.3) is 22.2 Å². The number of ether oxygens (including phenoxy) is 1. The van der Waals surface area contributed by atoms with E-state index < -0.39 is 0 Å². The number of rotatable bonds is 2. The van der Waals surface area contributed by atoms with Gasteiger partial charge < -0.3 is 10.5 Å². The van der Waals surface area contributed by atoms with Crippen molar-refractivity contribution in [3.8, 4) is 17.1 Å². The number of nitrogen functional groups attached to an aromatic ring is 1. The van der Waals surface area contributed by atoms with Crippen LogP contribution in [-0.4, -0.2) is 22.1 Å². The largest absolute Gasteiger partial charge is 0.481 e. The molecular formula is C14H12N4O. The lowest BCUT2D eigenvalue weighted by Gasteiger charge is -2.05. The summed E-state index contributed by atoms with van der Waals surface area (Å²) in [5, 5.41) is 1.05. The quantitative estimate of drug-likeness (QED) is 0.757. The molecular weight excluding hydrogens is 240 g/mol. The predicted molar refractivity (Wildman–Crippen MR) is 73.7 cm³/mol. The summed E-state index contributed by atoms with van der Waals surface area (Å²) in [6.07, 6.45) is 1.77. The summed E-state index contributed by atoms with van der Waals surface area (Å²) in [5.74, 6) is 0.623. The van der Waals surface area contributed by atoms with Crippen molar-refractivity contribution in [1.29, 1.82) is 0 Å². The molecule has 0 saturated carbocycles. The minimum atomic E-state index is 0.183. The normalized spacial score (nSPS) is 10.6. The molecule has 2 heterocycles. The molecule has 5 heteroatoms. The lowest BCUT2D eigenvalue weighted by atomic mass is 10.1. The molecule has 3 aromatic rings. The standard InChI is InChI=1S/C14H12N4O/c1-19-13-7-12(17-14(15)18-13)10-6-9-4-2-3-5-11(9)16-8-10/h2-8H,1H3,(H2,15,17,18). The number of aromatic nitrogens is 3. The fraction of sp³-hybridized carbons (Fsp3) is 0.0714. The van der Waals surface area contributed by atoms with Gasteiger partial charge in [0.05, 0.1) is 18.3 Å². The molecule has 0 aliphatic heterocycles. The molecule has 1 aromatic carbocycles. The van der Waals surface area contributed by atoms with Gasteiger partial charge in [0.2, 0.25) is 11.8 Å². The molecule has 3 rings (SSSR count). The van der Waals surface area contributed by atoms with Crippen LogP contribution in [0.5, 0.6) is 5.88 Å². The summed E-state index contributed by atoms with van der Waals surface area (Å²) in [6.45, 7) is 0. The Morgan fingerprint density at radius 2 is 1.95 bits per heavy atom. The molecule has 0 bridgehead atoms. The zero-order valence-electron chi connectivity index (χ0n) is 10.4. The summed E-state index contributed by atoms with van der Waals surface area (Å²) >= 11 is 0. The molecule has 0 amide bonds. The van der Waals surface area contributed by atoms with Gasteiger partial charge in [0.25, 0.3) is 0 Å². The topological polar surface area (TPSA) is 73.9 Å². The maximum Gasteiger partial charge on any atom is 0.223 e. The first kappa shape index (κ1) is 11.4. The fourth-order valence-electron chi connectivity index (χ4n) is 1.91. The molecule has 0 saturated heterocycles. The molecule has 5 nitrogen and oxygen atoms in total. The van der Waals surface area contributed by atoms with E-state index in [1.807, 2.05) is 30.3 Å². The van der Waals surface area contributed by atoms with E-state index in [0.29, 0.717) is 11.6 Å². The fourth-order valence-corrected chi connectivity index (χ4v) is 1.91. The Balaban J connectivity index is 2.15. The van der Waals surface area contributed by atoms with E-state index in [1.165, 1.54) is 0 Å². The first-order chi connectivity index (χ1) is 9.26. The van der Waals surface area contributed by atoms with Crippen molar-refractivity contribution in [2.75, 3.05) is 12.8 Å². The summed E-state index contributed by atoms with van der Waals surface area (Å²) < 4.78 is 5.09. The van der Waals surface area contributed by atoms with E-state index in [-0.39, 0.29) is 5.95 Å². The van der Waals surface area contributed by atoms with Gasteiger partial charge in [-0.05, 0) is 12.1 Å². The summed E-state index contributed by atoms with van der Waals surface area (Å²) in [4.78, 5) is 12.6. The van der Waals surface area contributed by atoms with Crippen molar-refractivity contribution >= 4 is 16.9 Å². The van der Waals surface area contributed by atoms with E-state index in [2.05, 4.69) is 15.0 Å². The van der Waals surface area contributed by atoms with E-state index in [4.69, 9.17) is 10.5 Å². The van der Waals surface area contributed by atoms with Gasteiger partial charge >= 0.3 is 0 Å². The first-order valence-corrected chi connectivity index (χ1v) is 5.80. The maximum atomic E-state index is 5.66. The molecule has 94 valence electrons. The van der Waals surface area contributed by atoms with Gasteiger partial charge in [-0.15, -0.1) is 0 Å². The highest BCUT2D eigenvalue weighted by Crippen LogP contribution is 2.23. The molecule has 2 aromatic heterocycles. The lowest BCUT2D eigenvalue weighted by molar-refractivity contribution is 0.398. The molecule has 0 aliphatic rings. The molecule has 0 unspecified atom stereocenters. The highest BCUT2D eigenvalue weighted by atomic mass is 16.5. The zero-order chi connectivity index (χ0) is 13.2. The van der Waals surface area contributed by atoms with Crippen LogP contribution in [-0.2, 0) is 0 Å². The van der Waals surface area contributed by atoms with Crippen LogP contribution in [0.15, 0.2) is 42.6 Å². The van der Waals surface area contributed by atoms with Gasteiger partial charge in [0.1, 0.15) is 0 Å². The third-order valence-electron chi connectivity index (χ3n) is 2.82. The summed E-state index contributed by atoms with van der Waals surface area (Å²) in [5.41, 5.74) is 8.18. The first-order valence-electron chi connectivity index (χ1n) is 5.80. The number of fused-ring (bicyclic) bond motifs is 1. The van der Waals surface area contributed by atoms with Gasteiger partial charge in [-0.25, -0.2) is 4.98 Å². The van der Waals surface area contributed by atoms with Crippen molar-refractivity contribution in [3.05, 3.63) is 42.6 Å². The lowest BCUT2D eigenvalue weighted by Crippen LogP contribution is -1.99. The third kappa shape index (κ3) is 2.18. The zero-order valence-corrected chi connectivity index (χ0v) is 10.4. The van der Waals surface area contributed by atoms with Crippen LogP contribution < -0.4 is 10.5 Å². The van der Waals surface area contributed by atoms with Crippen LogP contribution in [0.4, 0.5) is 5.95 Å². The molecule has 19 heavy (non-hydrogen) atoms. The van der Waals surface area contributed by atoms with E-state index in [9.17, 15) is 0 Å². The van der Waals surface area contributed by atoms with Gasteiger partial charge in [-0.3, -0.25) is 4.98 Å². The van der Waals surface area contributed by atoms with Gasteiger partial charge in [-0.1, -0.05) is 18.2 Å². The Morgan fingerprint density at radius 1 is 1.11 bits per heavy atom. The molecule has 0 fully saturated rings. The van der Waals surface area contributed by atoms with Crippen molar-refractivity contribution in [1.82, 2.24) is 15.0 Å². The minimum Gasteiger partial charge on any atom is -0.481 e. The Hall–Kier alpha value is -2.69. The SMILES string of the molecule is COc1cc(-c2cnc3ccccc3c2)nc(N)n1. The van der Waals surface area contributed by atoms with Crippen LogP contribution in [0.3, 0.4) is 0 Å². The number of hydrogen-bond donors (Lipinski definition) is 1. The molecule has 0 spiro atoms. The van der Waals surface area contributed by atoms with Crippen LogP contribution in [0, 0.1) is 0 Å². The average Bonchev–Trinajstić information content (AvgIpc) is 2.46. The average molecular weight is 252 g/mol. The third-order valence-corrected chi connectivity index (χ3v) is 2.82. The highest BCUT2D eigenvalue weighted by Gasteiger charge is 2.06. The number of nitrogens with zero attached hydrogens (tertiary/aromatic N) is 3. The van der Waals surface area contributed by atoms with Crippen LogP contribution in [0.2, 0.25) is 0 Å². The number of benzene rings is 1. The van der Waals surface area contributed by atoms with Gasteiger partial charge in [0.15, 0.2) is 0 Å². The van der Waals surface area contributed by atoms with E-state index in [0.717, 1.165) is 16.5 Å². The van der Waals surface area contributed by atoms with Crippen LogP contribution in [0.1, 0.15) is 0 Å². The number of nitrogens with two attached hydrogens (primary N) is 1. The van der Waals surface area contributed by atoms with Crippen molar-refractivity contribution in [2.24, 2.45) is 0 Å². The smallest absolute Gasteiger partial charge is 0.223 e. The number of methoxy groups -OCH3 is 1. The maximum absolute atomic E-state index is 5.66. The Labute approximate surface area is 110 Å². The Bertz CT molecular complexity index is 742. The molecule has 2 N–H and O–H groups in total. The summed E-state index contributed by atoms with van der Waals surface area (Å²) in [6, 6.07) is 11.7. The molecule has 0 aliphatic carbocycles. The van der Waals surface area contributed by atoms with Gasteiger partial charge in [-0.2, -0.15) is 4.98 Å². The number of para-hydroxylation sites is 1. The van der Waals surface area contributed by atoms with E-state index in [1.54, 1.807) is 19.4 Å². The van der Waals surface area contributed by atoms with E-state index >= 15 is 0 Å². The minimum absolute atomic E-state index is 0.183. The number of hydrogen-bond acceptors (Lipinski definition) is 5. The van der Waals surface area contributed by atoms with Gasteiger partial charge in [0, 0.05) is 23.2 Å². The van der Waals surface area contributed by atoms with Crippen LogP contribution >= 0.6 is 0 Å². The second kappa shape index (κ2) is 4.53. The Morgan fingerprint density at radius 3 is 2.79 bits per heavy atom. The predicted octanol–water partition coefficient (Wildman–Crippen LogP) is 2.28. The van der Waals surface area contributed by atoms with Crippen molar-refractivity contribution in [3.63, 3.8) is 0 Å². The monoisotopic (exact) mass is 252 g/mol. The second-order valence-corrected chi connectivity index (χ2v) is 4.07. The Kier molecular flexibility index (Phi) is 2.72. The highest BCUT2D eigenvalue weighted by molar-refractivity contribution is 5.82. The van der Waals surface area contributed by atoms with Crippen molar-refractivity contribution in [2.45, 2.75) is 0 Å².